The van der Waals surface area contributed by atoms with Crippen LogP contribution in [0.2, 0.25) is 0 Å². The smallest absolute Gasteiger partial charge is 0.303 e. The minimum atomic E-state index is -4.26. The van der Waals surface area contributed by atoms with Gasteiger partial charge in [-0.15, -0.1) is 11.6 Å². The minimum absolute atomic E-state index is 0.164. The number of phosphoric acid groups is 1. The van der Waals surface area contributed by atoms with Gasteiger partial charge in [0.05, 0.1) is 6.61 Å². The van der Waals surface area contributed by atoms with Crippen molar-refractivity contribution in [2.24, 2.45) is 0 Å². The van der Waals surface area contributed by atoms with E-state index < -0.39 is 7.82 Å². The summed E-state index contributed by atoms with van der Waals surface area (Å²) in [6.45, 7) is 0.164. The van der Waals surface area contributed by atoms with Crippen LogP contribution in [0.4, 0.5) is 0 Å². The lowest BCUT2D eigenvalue weighted by atomic mass is 10.0. The Kier molecular flexibility index (Phi) is 18.5. The zero-order valence-corrected chi connectivity index (χ0v) is 16.9. The Bertz CT molecular complexity index is 297. The first-order chi connectivity index (χ1) is 11.6. The lowest BCUT2D eigenvalue weighted by Gasteiger charge is -2.05. The number of hydrogen-bond donors (Lipinski definition) is 2. The van der Waals surface area contributed by atoms with Gasteiger partial charge in [0.2, 0.25) is 0 Å². The fraction of sp³-hybridized carbons (Fsp3) is 1.00. The first-order valence-electron chi connectivity index (χ1n) is 9.82. The number of unbranched alkanes of at least 4 members (excludes halogenated alkanes) is 15. The van der Waals surface area contributed by atoms with Crippen molar-refractivity contribution in [3.63, 3.8) is 0 Å². The van der Waals surface area contributed by atoms with Crippen molar-refractivity contribution in [1.29, 1.82) is 0 Å². The van der Waals surface area contributed by atoms with Crippen LogP contribution in [0.25, 0.3) is 0 Å². The third kappa shape index (κ3) is 22.4. The van der Waals surface area contributed by atoms with E-state index in [4.69, 9.17) is 21.4 Å². The van der Waals surface area contributed by atoms with Gasteiger partial charge in [0, 0.05) is 5.88 Å². The van der Waals surface area contributed by atoms with E-state index in [-0.39, 0.29) is 6.61 Å². The van der Waals surface area contributed by atoms with E-state index in [0.29, 0.717) is 0 Å². The molecule has 0 aromatic rings. The Morgan fingerprint density at radius 3 is 1.17 bits per heavy atom. The molecule has 0 bridgehead atoms. The molecule has 0 unspecified atom stereocenters. The van der Waals surface area contributed by atoms with E-state index >= 15 is 0 Å². The number of phosphoric ester groups is 1. The molecule has 0 heterocycles. The molecular formula is C18H38ClO4P. The molecular weight excluding hydrogens is 347 g/mol. The van der Waals surface area contributed by atoms with Gasteiger partial charge in [-0.05, 0) is 12.8 Å². The molecule has 0 rings (SSSR count). The molecule has 0 aliphatic carbocycles. The van der Waals surface area contributed by atoms with E-state index in [1.807, 2.05) is 0 Å². The first kappa shape index (κ1) is 24.4. The SMILES string of the molecule is O=P(O)(O)OCCCCCCCCCCCCCCCCCCCl. The lowest BCUT2D eigenvalue weighted by molar-refractivity contribution is 0.193. The topological polar surface area (TPSA) is 66.8 Å². The van der Waals surface area contributed by atoms with Crippen molar-refractivity contribution < 1.29 is 18.9 Å². The van der Waals surface area contributed by atoms with Crippen LogP contribution < -0.4 is 0 Å². The standard InChI is InChI=1S/C18H38ClO4P/c19-17-15-13-11-9-7-5-3-1-2-4-6-8-10-12-14-16-18-23-24(20,21)22/h1-18H2,(H2,20,21,22). The summed E-state index contributed by atoms with van der Waals surface area (Å²) < 4.78 is 14.9. The Labute approximate surface area is 153 Å². The highest BCUT2D eigenvalue weighted by Gasteiger charge is 2.12. The minimum Gasteiger partial charge on any atom is -0.303 e. The summed E-state index contributed by atoms with van der Waals surface area (Å²) in [7, 11) is -4.26. The molecule has 24 heavy (non-hydrogen) atoms. The molecule has 0 spiro atoms. The van der Waals surface area contributed by atoms with Gasteiger partial charge < -0.3 is 9.79 Å². The highest BCUT2D eigenvalue weighted by Crippen LogP contribution is 2.35. The normalized spacial score (nSPS) is 12.0. The van der Waals surface area contributed by atoms with Crippen molar-refractivity contribution >= 4 is 19.4 Å². The van der Waals surface area contributed by atoms with Gasteiger partial charge in [0.1, 0.15) is 0 Å². The predicted octanol–water partition coefficient (Wildman–Crippen LogP) is 6.58. The average molecular weight is 385 g/mol. The highest BCUT2D eigenvalue weighted by molar-refractivity contribution is 7.46. The summed E-state index contributed by atoms with van der Waals surface area (Å²) in [5.74, 6) is 0.811. The molecule has 2 N–H and O–H groups in total. The molecule has 0 aromatic heterocycles. The molecule has 0 saturated heterocycles. The lowest BCUT2D eigenvalue weighted by Crippen LogP contribution is -1.92. The van der Waals surface area contributed by atoms with Crippen molar-refractivity contribution in [2.45, 2.75) is 103 Å². The van der Waals surface area contributed by atoms with Crippen molar-refractivity contribution in [2.75, 3.05) is 12.5 Å². The van der Waals surface area contributed by atoms with E-state index in [1.54, 1.807) is 0 Å². The second-order valence-electron chi connectivity index (χ2n) is 6.67. The average Bonchev–Trinajstić information content (AvgIpc) is 2.52. The van der Waals surface area contributed by atoms with Crippen LogP contribution in [0, 0.1) is 0 Å². The Hall–Kier alpha value is 0.400. The molecule has 0 aliphatic rings. The molecule has 0 aromatic carbocycles. The monoisotopic (exact) mass is 384 g/mol. The summed E-state index contributed by atoms with van der Waals surface area (Å²) in [5.41, 5.74) is 0. The third-order valence-corrected chi connectivity index (χ3v) is 5.07. The van der Waals surface area contributed by atoms with E-state index in [2.05, 4.69) is 4.52 Å². The zero-order chi connectivity index (χ0) is 17.9. The van der Waals surface area contributed by atoms with Crippen LogP contribution in [0.3, 0.4) is 0 Å². The van der Waals surface area contributed by atoms with Gasteiger partial charge in [-0.2, -0.15) is 0 Å². The number of alkyl halides is 1. The van der Waals surface area contributed by atoms with Crippen LogP contribution in [0.5, 0.6) is 0 Å². The maximum absolute atomic E-state index is 10.5. The maximum atomic E-state index is 10.5. The Morgan fingerprint density at radius 2 is 0.875 bits per heavy atom. The van der Waals surface area contributed by atoms with Crippen LogP contribution in [-0.4, -0.2) is 22.3 Å². The summed E-state index contributed by atoms with van der Waals surface area (Å²) in [6, 6.07) is 0. The van der Waals surface area contributed by atoms with Crippen LogP contribution >= 0.6 is 19.4 Å². The van der Waals surface area contributed by atoms with Gasteiger partial charge >= 0.3 is 7.82 Å². The summed E-state index contributed by atoms with van der Waals surface area (Å²) in [6.07, 6.45) is 20.1. The summed E-state index contributed by atoms with van der Waals surface area (Å²) in [5, 5.41) is 0. The summed E-state index contributed by atoms with van der Waals surface area (Å²) in [4.78, 5) is 17.1. The van der Waals surface area contributed by atoms with Gasteiger partial charge in [-0.25, -0.2) is 4.57 Å². The van der Waals surface area contributed by atoms with Crippen LogP contribution in [-0.2, 0) is 9.09 Å². The fourth-order valence-electron chi connectivity index (χ4n) is 2.85. The quantitative estimate of drug-likeness (QED) is 0.150. The van der Waals surface area contributed by atoms with Crippen LogP contribution in [0.15, 0.2) is 0 Å². The molecule has 0 fully saturated rings. The first-order valence-corrected chi connectivity index (χ1v) is 11.9. The number of hydrogen-bond acceptors (Lipinski definition) is 2. The van der Waals surface area contributed by atoms with Gasteiger partial charge in [0.15, 0.2) is 0 Å². The number of rotatable bonds is 19. The van der Waals surface area contributed by atoms with Gasteiger partial charge in [-0.3, -0.25) is 4.52 Å². The Morgan fingerprint density at radius 1 is 0.583 bits per heavy atom. The van der Waals surface area contributed by atoms with Crippen molar-refractivity contribution in [1.82, 2.24) is 0 Å². The molecule has 0 amide bonds. The molecule has 0 radical (unpaired) electrons. The van der Waals surface area contributed by atoms with E-state index in [9.17, 15) is 4.57 Å². The van der Waals surface area contributed by atoms with E-state index in [1.165, 1.54) is 83.5 Å². The fourth-order valence-corrected chi connectivity index (χ4v) is 3.41. The summed E-state index contributed by atoms with van der Waals surface area (Å²) >= 11 is 5.66. The predicted molar refractivity (Wildman–Crippen MR) is 103 cm³/mol. The second kappa shape index (κ2) is 18.2. The van der Waals surface area contributed by atoms with Crippen LogP contribution in [0.1, 0.15) is 103 Å². The zero-order valence-electron chi connectivity index (χ0n) is 15.3. The maximum Gasteiger partial charge on any atom is 0.469 e. The van der Waals surface area contributed by atoms with Gasteiger partial charge in [-0.1, -0.05) is 89.9 Å². The van der Waals surface area contributed by atoms with Crippen molar-refractivity contribution in [3.8, 4) is 0 Å². The Balaban J connectivity index is 3.02. The highest BCUT2D eigenvalue weighted by atomic mass is 35.5. The molecule has 6 heteroatoms. The second-order valence-corrected chi connectivity index (χ2v) is 8.29. The molecule has 0 atom stereocenters. The van der Waals surface area contributed by atoms with E-state index in [0.717, 1.165) is 25.1 Å². The van der Waals surface area contributed by atoms with Crippen molar-refractivity contribution in [3.05, 3.63) is 0 Å². The molecule has 4 nitrogen and oxygen atoms in total. The number of halogens is 1. The molecule has 146 valence electrons. The molecule has 0 aliphatic heterocycles. The largest absolute Gasteiger partial charge is 0.469 e. The van der Waals surface area contributed by atoms with Gasteiger partial charge in [0.25, 0.3) is 0 Å². The molecule has 0 saturated carbocycles. The third-order valence-electron chi connectivity index (χ3n) is 4.29.